The molecule has 1 aromatic carbocycles. The van der Waals surface area contributed by atoms with Crippen molar-refractivity contribution >= 4 is 9.73 Å². The Bertz CT molecular complexity index is 418. The molecule has 1 unspecified atom stereocenters. The highest BCUT2D eigenvalue weighted by Crippen LogP contribution is 2.25. The predicted molar refractivity (Wildman–Crippen MR) is 58.8 cm³/mol. The zero-order valence-electron chi connectivity index (χ0n) is 8.35. The maximum absolute atomic E-state index is 12.6. The summed E-state index contributed by atoms with van der Waals surface area (Å²) in [6.45, 7) is 2.79. The van der Waals surface area contributed by atoms with Crippen LogP contribution in [-0.2, 0) is 9.73 Å². The lowest BCUT2D eigenvalue weighted by Gasteiger charge is -2.21. The average Bonchev–Trinajstić information content (AvgIpc) is 2.24. The largest absolute Gasteiger partial charge is 0.244 e. The van der Waals surface area contributed by atoms with E-state index in [0.29, 0.717) is 0 Å². The highest BCUT2D eigenvalue weighted by molar-refractivity contribution is 7.94. The molecule has 1 aromatic rings. The first kappa shape index (κ1) is 9.71. The van der Waals surface area contributed by atoms with E-state index in [2.05, 4.69) is 4.36 Å². The Balaban J connectivity index is 2.51. The molecule has 0 amide bonds. The summed E-state index contributed by atoms with van der Waals surface area (Å²) in [5.74, 6) is 0. The lowest BCUT2D eigenvalue weighted by molar-refractivity contribution is 0.629. The third-order valence-electron chi connectivity index (χ3n) is 2.68. The van der Waals surface area contributed by atoms with E-state index in [1.54, 1.807) is 0 Å². The van der Waals surface area contributed by atoms with Crippen LogP contribution in [0.4, 0.5) is 0 Å². The second-order valence-corrected chi connectivity index (χ2v) is 6.36. The van der Waals surface area contributed by atoms with Crippen molar-refractivity contribution in [3.05, 3.63) is 30.3 Å². The first-order chi connectivity index (χ1) is 6.73. The smallest absolute Gasteiger partial charge is 0.0778 e. The van der Waals surface area contributed by atoms with Crippen molar-refractivity contribution in [3.8, 4) is 0 Å². The Morgan fingerprint density at radius 1 is 1.36 bits per heavy atom. The number of nitrogens with zero attached hydrogens (tertiary/aromatic N) is 1. The van der Waals surface area contributed by atoms with Gasteiger partial charge in [-0.3, -0.25) is 0 Å². The zero-order valence-corrected chi connectivity index (χ0v) is 9.17. The second kappa shape index (κ2) is 3.73. The van der Waals surface area contributed by atoms with Gasteiger partial charge in [0.05, 0.1) is 9.73 Å². The monoisotopic (exact) mass is 209 g/mol. The Labute approximate surface area is 85.5 Å². The number of hydrogen-bond acceptors (Lipinski definition) is 2. The van der Waals surface area contributed by atoms with Gasteiger partial charge in [0.15, 0.2) is 0 Å². The van der Waals surface area contributed by atoms with Gasteiger partial charge in [-0.15, -0.1) is 0 Å². The minimum atomic E-state index is -2.12. The van der Waals surface area contributed by atoms with Crippen LogP contribution in [0.2, 0.25) is 0 Å². The molecule has 3 heteroatoms. The molecule has 0 fully saturated rings. The molecule has 0 aromatic heterocycles. The summed E-state index contributed by atoms with van der Waals surface area (Å²) in [6, 6.07) is 9.65. The lowest BCUT2D eigenvalue weighted by atomic mass is 10.2. The molecule has 1 heterocycles. The third-order valence-corrected chi connectivity index (χ3v) is 5.52. The predicted octanol–water partition coefficient (Wildman–Crippen LogP) is 2.70. The maximum atomic E-state index is 12.6. The van der Waals surface area contributed by atoms with Crippen LogP contribution in [-0.4, -0.2) is 16.0 Å². The van der Waals surface area contributed by atoms with Crippen LogP contribution in [0.15, 0.2) is 39.6 Å². The van der Waals surface area contributed by atoms with E-state index < -0.39 is 9.73 Å². The van der Waals surface area contributed by atoms with Crippen molar-refractivity contribution in [2.24, 2.45) is 4.36 Å². The molecular weight excluding hydrogens is 194 g/mol. The van der Waals surface area contributed by atoms with E-state index in [1.807, 2.05) is 37.3 Å². The van der Waals surface area contributed by atoms with Crippen molar-refractivity contribution in [3.63, 3.8) is 0 Å². The van der Waals surface area contributed by atoms with E-state index in [1.165, 1.54) is 0 Å². The standard InChI is InChI=1S/C11H15NOS/c1-10-6-5-9-12-14(10,13)11-7-3-2-4-8-11/h2-4,7-8,10H,5-6,9H2,1H3/t10?,14-/m0/s1. The molecule has 1 aliphatic rings. The topological polar surface area (TPSA) is 29.4 Å². The molecule has 1 aliphatic heterocycles. The highest BCUT2D eigenvalue weighted by atomic mass is 32.2. The molecule has 0 spiro atoms. The Hall–Kier alpha value is -0.830. The highest BCUT2D eigenvalue weighted by Gasteiger charge is 2.23. The second-order valence-electron chi connectivity index (χ2n) is 3.69. The van der Waals surface area contributed by atoms with Crippen LogP contribution in [0.1, 0.15) is 19.8 Å². The maximum Gasteiger partial charge on any atom is 0.0778 e. The lowest BCUT2D eigenvalue weighted by Crippen LogP contribution is -2.22. The van der Waals surface area contributed by atoms with E-state index in [0.717, 1.165) is 24.3 Å². The summed E-state index contributed by atoms with van der Waals surface area (Å²) < 4.78 is 16.9. The summed E-state index contributed by atoms with van der Waals surface area (Å²) in [5.41, 5.74) is 0. The fourth-order valence-corrected chi connectivity index (χ4v) is 4.09. The fourth-order valence-electron chi connectivity index (χ4n) is 1.79. The van der Waals surface area contributed by atoms with E-state index in [9.17, 15) is 4.21 Å². The average molecular weight is 209 g/mol. The molecule has 0 N–H and O–H groups in total. The molecule has 0 bridgehead atoms. The SMILES string of the molecule is CC1CCCN=[S@@]1(=O)c1ccccc1. The summed E-state index contributed by atoms with van der Waals surface area (Å²) in [7, 11) is -2.12. The Kier molecular flexibility index (Phi) is 2.59. The summed E-state index contributed by atoms with van der Waals surface area (Å²) >= 11 is 0. The number of hydrogen-bond donors (Lipinski definition) is 0. The van der Waals surface area contributed by atoms with Crippen LogP contribution >= 0.6 is 0 Å². The minimum absolute atomic E-state index is 0.193. The molecule has 2 atom stereocenters. The van der Waals surface area contributed by atoms with Gasteiger partial charge < -0.3 is 0 Å². The van der Waals surface area contributed by atoms with Crippen LogP contribution in [0.25, 0.3) is 0 Å². The van der Waals surface area contributed by atoms with Gasteiger partial charge in [-0.1, -0.05) is 18.2 Å². The van der Waals surface area contributed by atoms with E-state index in [-0.39, 0.29) is 5.25 Å². The van der Waals surface area contributed by atoms with E-state index in [4.69, 9.17) is 0 Å². The molecule has 0 saturated heterocycles. The summed E-state index contributed by atoms with van der Waals surface area (Å²) in [5, 5.41) is 0.193. The number of rotatable bonds is 1. The van der Waals surface area contributed by atoms with Gasteiger partial charge >= 0.3 is 0 Å². The van der Waals surface area contributed by atoms with Gasteiger partial charge in [-0.25, -0.2) is 8.57 Å². The van der Waals surface area contributed by atoms with Crippen molar-refractivity contribution in [1.29, 1.82) is 0 Å². The van der Waals surface area contributed by atoms with Crippen LogP contribution in [0.3, 0.4) is 0 Å². The van der Waals surface area contributed by atoms with Gasteiger partial charge in [-0.2, -0.15) is 0 Å². The Morgan fingerprint density at radius 3 is 2.71 bits per heavy atom. The molecule has 76 valence electrons. The molecular formula is C11H15NOS. The fraction of sp³-hybridized carbons (Fsp3) is 0.455. The molecule has 2 rings (SSSR count). The molecule has 2 nitrogen and oxygen atoms in total. The van der Waals surface area contributed by atoms with Gasteiger partial charge in [0.1, 0.15) is 0 Å². The Morgan fingerprint density at radius 2 is 2.07 bits per heavy atom. The van der Waals surface area contributed by atoms with Crippen molar-refractivity contribution < 1.29 is 4.21 Å². The molecule has 0 aliphatic carbocycles. The van der Waals surface area contributed by atoms with Crippen LogP contribution < -0.4 is 0 Å². The zero-order chi connectivity index (χ0) is 10.0. The molecule has 14 heavy (non-hydrogen) atoms. The van der Waals surface area contributed by atoms with Gasteiger partial charge in [-0.05, 0) is 31.9 Å². The third kappa shape index (κ3) is 1.57. The molecule has 0 saturated carbocycles. The van der Waals surface area contributed by atoms with Crippen molar-refractivity contribution in [2.45, 2.75) is 29.9 Å². The number of benzene rings is 1. The van der Waals surface area contributed by atoms with E-state index >= 15 is 0 Å². The first-order valence-electron chi connectivity index (χ1n) is 5.00. The quantitative estimate of drug-likeness (QED) is 0.699. The van der Waals surface area contributed by atoms with Gasteiger partial charge in [0.2, 0.25) is 0 Å². The van der Waals surface area contributed by atoms with Crippen LogP contribution in [0, 0.1) is 0 Å². The van der Waals surface area contributed by atoms with Crippen molar-refractivity contribution in [1.82, 2.24) is 0 Å². The summed E-state index contributed by atoms with van der Waals surface area (Å²) in [6.07, 6.45) is 2.10. The van der Waals surface area contributed by atoms with Crippen LogP contribution in [0.5, 0.6) is 0 Å². The summed E-state index contributed by atoms with van der Waals surface area (Å²) in [4.78, 5) is 0.896. The van der Waals surface area contributed by atoms with Gasteiger partial charge in [0.25, 0.3) is 0 Å². The van der Waals surface area contributed by atoms with Crippen molar-refractivity contribution in [2.75, 3.05) is 6.54 Å². The normalized spacial score (nSPS) is 32.2. The molecule has 0 radical (unpaired) electrons. The van der Waals surface area contributed by atoms with Gasteiger partial charge in [0, 0.05) is 16.7 Å². The minimum Gasteiger partial charge on any atom is -0.244 e. The first-order valence-corrected chi connectivity index (χ1v) is 6.58.